The number of aromatic nitrogens is 1. The van der Waals surface area contributed by atoms with Crippen LogP contribution in [-0.4, -0.2) is 35.1 Å². The number of nitrogens with one attached hydrogen (secondary N) is 2. The number of fused-ring (bicyclic) bond motifs is 2. The van der Waals surface area contributed by atoms with Crippen LogP contribution >= 0.6 is 0 Å². The zero-order valence-electron chi connectivity index (χ0n) is 17.2. The highest BCUT2D eigenvalue weighted by molar-refractivity contribution is 5.95. The maximum atomic E-state index is 12.4. The Labute approximate surface area is 181 Å². The van der Waals surface area contributed by atoms with Gasteiger partial charge in [-0.2, -0.15) is 0 Å². The van der Waals surface area contributed by atoms with Gasteiger partial charge in [0.1, 0.15) is 0 Å². The number of aliphatic carboxylic acids is 1. The van der Waals surface area contributed by atoms with Gasteiger partial charge in [-0.1, -0.05) is 30.3 Å². The Balaban J connectivity index is 1.38. The van der Waals surface area contributed by atoms with E-state index >= 15 is 0 Å². The molecule has 1 aliphatic rings. The van der Waals surface area contributed by atoms with E-state index in [1.807, 2.05) is 18.2 Å². The fraction of sp³-hybridized carbons (Fsp3) is 0.240. The van der Waals surface area contributed by atoms with Gasteiger partial charge in [-0.15, -0.1) is 0 Å². The van der Waals surface area contributed by atoms with Crippen molar-refractivity contribution in [1.29, 1.82) is 0 Å². The second-order valence-electron chi connectivity index (χ2n) is 7.61. The highest BCUT2D eigenvalue weighted by atomic mass is 16.4. The van der Waals surface area contributed by atoms with Gasteiger partial charge in [0, 0.05) is 41.5 Å². The molecule has 3 aromatic rings. The van der Waals surface area contributed by atoms with Crippen molar-refractivity contribution in [3.63, 3.8) is 0 Å². The number of pyridine rings is 1. The molecule has 3 N–H and O–H groups in total. The standard InChI is InChI=1S/C25H25N3O3/c29-23(30)14-11-17-9-12-18(13-10-17)25(31)27-16-15-26-24-19-5-1-3-7-21(19)28-22-8-4-2-6-20(22)24/h1,3,5,7,9-14H,2,4,6,8,15-16H2,(H,26,28)(H,27,31)(H,29,30). The average molecular weight is 415 g/mol. The molecule has 0 fully saturated rings. The molecule has 4 rings (SSSR count). The van der Waals surface area contributed by atoms with Crippen LogP contribution in [0, 0.1) is 0 Å². The van der Waals surface area contributed by atoms with Crippen LogP contribution in [0.4, 0.5) is 5.69 Å². The van der Waals surface area contributed by atoms with E-state index in [0.29, 0.717) is 18.7 Å². The van der Waals surface area contributed by atoms with Gasteiger partial charge in [-0.3, -0.25) is 9.78 Å². The molecule has 0 spiro atoms. The molecule has 0 saturated carbocycles. The molecule has 1 amide bonds. The summed E-state index contributed by atoms with van der Waals surface area (Å²) in [7, 11) is 0. The Morgan fingerprint density at radius 3 is 2.58 bits per heavy atom. The lowest BCUT2D eigenvalue weighted by atomic mass is 9.92. The zero-order valence-corrected chi connectivity index (χ0v) is 17.2. The van der Waals surface area contributed by atoms with E-state index in [1.54, 1.807) is 24.3 Å². The molecule has 1 aliphatic carbocycles. The minimum absolute atomic E-state index is 0.155. The second kappa shape index (κ2) is 9.43. The third-order valence-electron chi connectivity index (χ3n) is 5.47. The van der Waals surface area contributed by atoms with E-state index in [1.165, 1.54) is 30.2 Å². The number of carboxylic acids is 1. The van der Waals surface area contributed by atoms with Gasteiger partial charge in [0.15, 0.2) is 0 Å². The molecule has 0 saturated heterocycles. The van der Waals surface area contributed by atoms with E-state index < -0.39 is 5.97 Å². The minimum atomic E-state index is -1.00. The number of para-hydroxylation sites is 1. The maximum Gasteiger partial charge on any atom is 0.328 e. The van der Waals surface area contributed by atoms with E-state index in [-0.39, 0.29) is 5.91 Å². The quantitative estimate of drug-likeness (QED) is 0.400. The van der Waals surface area contributed by atoms with E-state index in [2.05, 4.69) is 16.7 Å². The predicted molar refractivity (Wildman–Crippen MR) is 122 cm³/mol. The third kappa shape index (κ3) is 4.91. The fourth-order valence-corrected chi connectivity index (χ4v) is 3.95. The summed E-state index contributed by atoms with van der Waals surface area (Å²) in [5.41, 5.74) is 5.92. The third-order valence-corrected chi connectivity index (χ3v) is 5.47. The van der Waals surface area contributed by atoms with Gasteiger partial charge < -0.3 is 15.7 Å². The van der Waals surface area contributed by atoms with Crippen LogP contribution in [0.25, 0.3) is 17.0 Å². The monoisotopic (exact) mass is 415 g/mol. The summed E-state index contributed by atoms with van der Waals surface area (Å²) in [4.78, 5) is 27.9. The summed E-state index contributed by atoms with van der Waals surface area (Å²) in [5, 5.41) is 16.3. The van der Waals surface area contributed by atoms with Gasteiger partial charge in [0.25, 0.3) is 5.91 Å². The number of benzene rings is 2. The summed E-state index contributed by atoms with van der Waals surface area (Å²) in [6, 6.07) is 15.0. The molecular weight excluding hydrogens is 390 g/mol. The van der Waals surface area contributed by atoms with E-state index in [4.69, 9.17) is 10.1 Å². The number of nitrogens with zero attached hydrogens (tertiary/aromatic N) is 1. The molecule has 0 aliphatic heterocycles. The van der Waals surface area contributed by atoms with Crippen LogP contribution < -0.4 is 10.6 Å². The lowest BCUT2D eigenvalue weighted by Gasteiger charge is -2.21. The van der Waals surface area contributed by atoms with Crippen molar-refractivity contribution in [3.05, 3.63) is 77.0 Å². The van der Waals surface area contributed by atoms with Crippen LogP contribution in [0.15, 0.2) is 54.6 Å². The topological polar surface area (TPSA) is 91.3 Å². The Morgan fingerprint density at radius 2 is 1.77 bits per heavy atom. The number of amides is 1. The van der Waals surface area contributed by atoms with Crippen LogP contribution in [0.5, 0.6) is 0 Å². The SMILES string of the molecule is O=C(O)C=Cc1ccc(C(=O)NCCNc2c3c(nc4ccccc24)CCCC3)cc1. The van der Waals surface area contributed by atoms with Crippen LogP contribution in [0.2, 0.25) is 0 Å². The normalized spacial score (nSPS) is 13.2. The molecule has 0 radical (unpaired) electrons. The van der Waals surface area contributed by atoms with Crippen molar-refractivity contribution >= 4 is 34.5 Å². The second-order valence-corrected chi connectivity index (χ2v) is 7.61. The summed E-state index contributed by atoms with van der Waals surface area (Å²) >= 11 is 0. The Bertz CT molecular complexity index is 1140. The van der Waals surface area contributed by atoms with E-state index in [9.17, 15) is 9.59 Å². The summed E-state index contributed by atoms with van der Waals surface area (Å²) in [5.74, 6) is -1.16. The first-order valence-electron chi connectivity index (χ1n) is 10.6. The number of hydrogen-bond acceptors (Lipinski definition) is 4. The Hall–Kier alpha value is -3.67. The lowest BCUT2D eigenvalue weighted by Crippen LogP contribution is -2.29. The number of anilines is 1. The van der Waals surface area contributed by atoms with Gasteiger partial charge in [-0.05, 0) is 61.1 Å². The molecule has 158 valence electrons. The molecule has 6 heteroatoms. The first-order valence-corrected chi connectivity index (χ1v) is 10.6. The largest absolute Gasteiger partial charge is 0.478 e. The average Bonchev–Trinajstić information content (AvgIpc) is 2.80. The van der Waals surface area contributed by atoms with Crippen LogP contribution in [-0.2, 0) is 17.6 Å². The molecule has 31 heavy (non-hydrogen) atoms. The number of rotatable bonds is 7. The predicted octanol–water partition coefficient (Wildman–Crippen LogP) is 4.05. The van der Waals surface area contributed by atoms with Crippen molar-refractivity contribution in [2.24, 2.45) is 0 Å². The van der Waals surface area contributed by atoms with Crippen LogP contribution in [0.1, 0.15) is 40.0 Å². The molecule has 6 nitrogen and oxygen atoms in total. The fourth-order valence-electron chi connectivity index (χ4n) is 3.95. The van der Waals surface area contributed by atoms with Gasteiger partial charge in [0.2, 0.25) is 0 Å². The van der Waals surface area contributed by atoms with Gasteiger partial charge in [0.05, 0.1) is 5.52 Å². The summed E-state index contributed by atoms with van der Waals surface area (Å²) < 4.78 is 0. The molecule has 0 bridgehead atoms. The zero-order chi connectivity index (χ0) is 21.6. The number of carbonyl (C=O) groups is 2. The molecule has 1 heterocycles. The van der Waals surface area contributed by atoms with E-state index in [0.717, 1.165) is 41.1 Å². The Kier molecular flexibility index (Phi) is 6.26. The lowest BCUT2D eigenvalue weighted by molar-refractivity contribution is -0.131. The summed E-state index contributed by atoms with van der Waals surface area (Å²) in [6.45, 7) is 1.11. The smallest absolute Gasteiger partial charge is 0.328 e. The molecule has 2 aromatic carbocycles. The molecule has 0 atom stereocenters. The first kappa shape index (κ1) is 20.6. The minimum Gasteiger partial charge on any atom is -0.478 e. The van der Waals surface area contributed by atoms with Crippen molar-refractivity contribution in [2.75, 3.05) is 18.4 Å². The van der Waals surface area contributed by atoms with Crippen molar-refractivity contribution in [3.8, 4) is 0 Å². The van der Waals surface area contributed by atoms with Gasteiger partial charge >= 0.3 is 5.97 Å². The number of carboxylic acid groups (broad SMARTS) is 1. The number of hydrogen-bond donors (Lipinski definition) is 3. The number of carbonyl (C=O) groups excluding carboxylic acids is 1. The van der Waals surface area contributed by atoms with Crippen molar-refractivity contribution in [2.45, 2.75) is 25.7 Å². The first-order chi connectivity index (χ1) is 15.1. The number of aryl methyl sites for hydroxylation is 1. The molecule has 1 aromatic heterocycles. The summed E-state index contributed by atoms with van der Waals surface area (Å²) in [6.07, 6.45) is 6.97. The van der Waals surface area contributed by atoms with Crippen molar-refractivity contribution in [1.82, 2.24) is 10.3 Å². The Morgan fingerprint density at radius 1 is 1.00 bits per heavy atom. The maximum absolute atomic E-state index is 12.4. The molecule has 0 unspecified atom stereocenters. The van der Waals surface area contributed by atoms with Crippen molar-refractivity contribution < 1.29 is 14.7 Å². The van der Waals surface area contributed by atoms with Crippen LogP contribution in [0.3, 0.4) is 0 Å². The van der Waals surface area contributed by atoms with Gasteiger partial charge in [-0.25, -0.2) is 4.79 Å². The molecular formula is C25H25N3O3. The highest BCUT2D eigenvalue weighted by Crippen LogP contribution is 2.33. The highest BCUT2D eigenvalue weighted by Gasteiger charge is 2.17.